The number of carbonyl (C=O) groups excluding carboxylic acids is 1. The number of fused-ring (bicyclic) bond motifs is 1. The lowest BCUT2D eigenvalue weighted by Gasteiger charge is -2.33. The van der Waals surface area contributed by atoms with E-state index >= 15 is 0 Å². The molecule has 0 bridgehead atoms. The molecule has 2 aliphatic carbocycles. The maximum atomic E-state index is 13.1. The minimum absolute atomic E-state index is 0.0268. The molecule has 1 saturated heterocycles. The summed E-state index contributed by atoms with van der Waals surface area (Å²) in [4.78, 5) is 15.1. The van der Waals surface area contributed by atoms with Gasteiger partial charge in [-0.15, -0.1) is 5.10 Å². The van der Waals surface area contributed by atoms with Crippen LogP contribution in [0.2, 0.25) is 0 Å². The van der Waals surface area contributed by atoms with Crippen molar-refractivity contribution in [3.63, 3.8) is 0 Å². The Morgan fingerprint density at radius 1 is 1.10 bits per heavy atom. The standard InChI is InChI=1S/C22H28N4O3/c1-28-21-14-17(29-16-6-7-16)8-9-18(21)22(27)25-12-10-15(11-13-25)26-20-5-3-2-4-19(20)23-24-26/h8-9,14-16H,2-7,10-13H2,1H3. The van der Waals surface area contributed by atoms with Crippen LogP contribution in [0.1, 0.15) is 66.3 Å². The van der Waals surface area contributed by atoms with Crippen LogP contribution in [0.5, 0.6) is 11.5 Å². The zero-order chi connectivity index (χ0) is 19.8. The lowest BCUT2D eigenvalue weighted by atomic mass is 9.98. The summed E-state index contributed by atoms with van der Waals surface area (Å²) in [5.41, 5.74) is 3.09. The first-order chi connectivity index (χ1) is 14.2. The molecule has 0 radical (unpaired) electrons. The summed E-state index contributed by atoms with van der Waals surface area (Å²) in [5.74, 6) is 1.38. The van der Waals surface area contributed by atoms with Gasteiger partial charge in [0.1, 0.15) is 11.5 Å². The van der Waals surface area contributed by atoms with Gasteiger partial charge in [0, 0.05) is 19.2 Å². The second kappa shape index (κ2) is 7.69. The highest BCUT2D eigenvalue weighted by molar-refractivity contribution is 5.97. The van der Waals surface area contributed by atoms with E-state index in [9.17, 15) is 4.79 Å². The van der Waals surface area contributed by atoms with Crippen LogP contribution in [-0.4, -0.2) is 52.1 Å². The second-order valence-electron chi connectivity index (χ2n) is 8.34. The van der Waals surface area contributed by atoms with Gasteiger partial charge < -0.3 is 14.4 Å². The van der Waals surface area contributed by atoms with E-state index < -0.39 is 0 Å². The molecule has 1 aromatic carbocycles. The van der Waals surface area contributed by atoms with Crippen LogP contribution < -0.4 is 9.47 Å². The van der Waals surface area contributed by atoms with Crippen LogP contribution in [0, 0.1) is 0 Å². The average Bonchev–Trinajstić information content (AvgIpc) is 3.48. The highest BCUT2D eigenvalue weighted by Crippen LogP contribution is 2.33. The molecule has 0 atom stereocenters. The smallest absolute Gasteiger partial charge is 0.257 e. The Hall–Kier alpha value is -2.57. The Morgan fingerprint density at radius 2 is 1.90 bits per heavy atom. The van der Waals surface area contributed by atoms with Crippen molar-refractivity contribution >= 4 is 5.91 Å². The van der Waals surface area contributed by atoms with E-state index in [0.717, 1.165) is 57.4 Å². The van der Waals surface area contributed by atoms with Crippen molar-refractivity contribution in [1.82, 2.24) is 19.9 Å². The number of hydrogen-bond acceptors (Lipinski definition) is 5. The van der Waals surface area contributed by atoms with Crippen molar-refractivity contribution in [2.45, 2.75) is 63.5 Å². The number of hydrogen-bond donors (Lipinski definition) is 0. The van der Waals surface area contributed by atoms with Gasteiger partial charge in [0.25, 0.3) is 5.91 Å². The summed E-state index contributed by atoms with van der Waals surface area (Å²) in [6.45, 7) is 1.45. The van der Waals surface area contributed by atoms with Crippen LogP contribution in [0.4, 0.5) is 0 Å². The highest BCUT2D eigenvalue weighted by atomic mass is 16.5. The molecule has 2 aromatic rings. The van der Waals surface area contributed by atoms with E-state index in [1.807, 2.05) is 23.1 Å². The number of nitrogens with zero attached hydrogens (tertiary/aromatic N) is 4. The van der Waals surface area contributed by atoms with Crippen molar-refractivity contribution in [1.29, 1.82) is 0 Å². The molecule has 2 heterocycles. The fourth-order valence-corrected chi connectivity index (χ4v) is 4.46. The van der Waals surface area contributed by atoms with Gasteiger partial charge in [-0.25, -0.2) is 4.68 Å². The van der Waals surface area contributed by atoms with Gasteiger partial charge in [0.2, 0.25) is 0 Å². The molecule has 0 N–H and O–H groups in total. The highest BCUT2D eigenvalue weighted by Gasteiger charge is 2.30. The number of likely N-dealkylation sites (tertiary alicyclic amines) is 1. The molecule has 3 aliphatic rings. The molecular weight excluding hydrogens is 368 g/mol. The number of rotatable bonds is 5. The second-order valence-corrected chi connectivity index (χ2v) is 8.34. The summed E-state index contributed by atoms with van der Waals surface area (Å²) in [6.07, 6.45) is 8.91. The first-order valence-corrected chi connectivity index (χ1v) is 10.8. The fourth-order valence-electron chi connectivity index (χ4n) is 4.46. The van der Waals surface area contributed by atoms with E-state index in [1.54, 1.807) is 7.11 Å². The molecular formula is C22H28N4O3. The van der Waals surface area contributed by atoms with Crippen LogP contribution >= 0.6 is 0 Å². The van der Waals surface area contributed by atoms with Crippen molar-refractivity contribution in [3.8, 4) is 11.5 Å². The maximum absolute atomic E-state index is 13.1. The molecule has 7 nitrogen and oxygen atoms in total. The number of amides is 1. The van der Waals surface area contributed by atoms with Crippen LogP contribution in [0.25, 0.3) is 0 Å². The third-order valence-corrected chi connectivity index (χ3v) is 6.28. The van der Waals surface area contributed by atoms with Gasteiger partial charge in [0.05, 0.1) is 36.2 Å². The molecule has 7 heteroatoms. The SMILES string of the molecule is COc1cc(OC2CC2)ccc1C(=O)N1CCC(n2nnc3c2CCCC3)CC1. The maximum Gasteiger partial charge on any atom is 0.257 e. The molecule has 2 fully saturated rings. The van der Waals surface area contributed by atoms with Crippen molar-refractivity contribution in [2.75, 3.05) is 20.2 Å². The van der Waals surface area contributed by atoms with E-state index in [1.165, 1.54) is 24.2 Å². The molecule has 1 saturated carbocycles. The first kappa shape index (κ1) is 18.5. The minimum Gasteiger partial charge on any atom is -0.496 e. The fraction of sp³-hybridized carbons (Fsp3) is 0.591. The third kappa shape index (κ3) is 3.70. The Labute approximate surface area is 171 Å². The van der Waals surface area contributed by atoms with Gasteiger partial charge in [-0.3, -0.25) is 4.79 Å². The van der Waals surface area contributed by atoms with E-state index in [4.69, 9.17) is 9.47 Å². The zero-order valence-electron chi connectivity index (χ0n) is 17.0. The molecule has 0 unspecified atom stereocenters. The molecule has 1 amide bonds. The Balaban J connectivity index is 1.26. The lowest BCUT2D eigenvalue weighted by molar-refractivity contribution is 0.0684. The molecule has 154 valence electrons. The number of carbonyl (C=O) groups is 1. The van der Waals surface area contributed by atoms with Gasteiger partial charge in [-0.05, 0) is 63.5 Å². The average molecular weight is 396 g/mol. The van der Waals surface area contributed by atoms with Crippen LogP contribution in [0.15, 0.2) is 18.2 Å². The predicted octanol–water partition coefficient (Wildman–Crippen LogP) is 3.18. The quantitative estimate of drug-likeness (QED) is 0.776. The number of benzene rings is 1. The molecule has 5 rings (SSSR count). The number of aromatic nitrogens is 3. The molecule has 0 spiro atoms. The monoisotopic (exact) mass is 396 g/mol. The zero-order valence-corrected chi connectivity index (χ0v) is 17.0. The van der Waals surface area contributed by atoms with Gasteiger partial charge in [-0.1, -0.05) is 5.21 Å². The topological polar surface area (TPSA) is 69.5 Å². The summed E-state index contributed by atoms with van der Waals surface area (Å²) in [7, 11) is 1.60. The van der Waals surface area contributed by atoms with Crippen molar-refractivity contribution < 1.29 is 14.3 Å². The molecule has 29 heavy (non-hydrogen) atoms. The van der Waals surface area contributed by atoms with E-state index in [2.05, 4.69) is 15.0 Å². The normalized spacial score (nSPS) is 19.7. The van der Waals surface area contributed by atoms with Gasteiger partial charge in [0.15, 0.2) is 0 Å². The Bertz CT molecular complexity index is 897. The Kier molecular flexibility index (Phi) is 4.89. The van der Waals surface area contributed by atoms with E-state index in [-0.39, 0.29) is 5.91 Å². The summed E-state index contributed by atoms with van der Waals surface area (Å²) < 4.78 is 13.5. The number of aryl methyl sites for hydroxylation is 1. The predicted molar refractivity (Wildman–Crippen MR) is 107 cm³/mol. The van der Waals surface area contributed by atoms with Gasteiger partial charge >= 0.3 is 0 Å². The number of piperidine rings is 1. The Morgan fingerprint density at radius 3 is 2.66 bits per heavy atom. The largest absolute Gasteiger partial charge is 0.496 e. The van der Waals surface area contributed by atoms with Crippen LogP contribution in [0.3, 0.4) is 0 Å². The van der Waals surface area contributed by atoms with Crippen LogP contribution in [-0.2, 0) is 12.8 Å². The minimum atomic E-state index is 0.0268. The van der Waals surface area contributed by atoms with Crippen molar-refractivity contribution in [3.05, 3.63) is 35.2 Å². The first-order valence-electron chi connectivity index (χ1n) is 10.8. The van der Waals surface area contributed by atoms with E-state index in [0.29, 0.717) is 23.5 Å². The number of ether oxygens (including phenoxy) is 2. The lowest BCUT2D eigenvalue weighted by Crippen LogP contribution is -2.39. The molecule has 1 aromatic heterocycles. The van der Waals surface area contributed by atoms with Gasteiger partial charge in [-0.2, -0.15) is 0 Å². The summed E-state index contributed by atoms with van der Waals surface area (Å²) >= 11 is 0. The van der Waals surface area contributed by atoms with Crippen molar-refractivity contribution in [2.24, 2.45) is 0 Å². The molecule has 1 aliphatic heterocycles. The summed E-state index contributed by atoms with van der Waals surface area (Å²) in [6, 6.07) is 5.88. The summed E-state index contributed by atoms with van der Waals surface area (Å²) in [5, 5.41) is 8.84. The number of methoxy groups -OCH3 is 1. The third-order valence-electron chi connectivity index (χ3n) is 6.28.